The molecule has 1 aromatic carbocycles. The van der Waals surface area contributed by atoms with Gasteiger partial charge in [-0.25, -0.2) is 9.78 Å². The van der Waals surface area contributed by atoms with Crippen molar-refractivity contribution >= 4 is 29.4 Å². The second-order valence-corrected chi connectivity index (χ2v) is 7.84. The predicted octanol–water partition coefficient (Wildman–Crippen LogP) is 0.230. The molecule has 5 amide bonds. The largest absolute Gasteiger partial charge is 0.354 e. The van der Waals surface area contributed by atoms with Crippen molar-refractivity contribution in [2.24, 2.45) is 0 Å². The summed E-state index contributed by atoms with van der Waals surface area (Å²) in [5.41, 5.74) is 0.730. The number of nitrogens with one attached hydrogen (secondary N) is 3. The minimum absolute atomic E-state index is 0.0230. The van der Waals surface area contributed by atoms with E-state index < -0.39 is 23.9 Å². The van der Waals surface area contributed by atoms with Crippen molar-refractivity contribution in [1.82, 2.24) is 30.4 Å². The number of anilines is 1. The molecule has 2 fully saturated rings. The van der Waals surface area contributed by atoms with Crippen molar-refractivity contribution in [2.75, 3.05) is 31.5 Å². The summed E-state index contributed by atoms with van der Waals surface area (Å²) in [5.74, 6) is -1.21. The van der Waals surface area contributed by atoms with Crippen LogP contribution in [0.15, 0.2) is 48.9 Å². The molecule has 2 saturated heterocycles. The van der Waals surface area contributed by atoms with Crippen LogP contribution in [0.4, 0.5) is 10.5 Å². The zero-order valence-electron chi connectivity index (χ0n) is 17.9. The number of piperidine rings is 1. The van der Waals surface area contributed by atoms with Crippen LogP contribution in [0.3, 0.4) is 0 Å². The molecule has 0 bridgehead atoms. The highest BCUT2D eigenvalue weighted by atomic mass is 16.2. The number of para-hydroxylation sites is 1. The van der Waals surface area contributed by atoms with Crippen LogP contribution in [0.1, 0.15) is 23.3 Å². The Hall–Kier alpha value is -4.02. The number of hydrogen-bond donors (Lipinski definition) is 3. The Kier molecular flexibility index (Phi) is 6.77. The first-order chi connectivity index (χ1) is 16.0. The topological polar surface area (TPSA) is 137 Å². The fraction of sp³-hybridized carbons (Fsp3) is 0.364. The Balaban J connectivity index is 1.51. The average Bonchev–Trinajstić information content (AvgIpc) is 2.85. The number of amides is 5. The summed E-state index contributed by atoms with van der Waals surface area (Å²) in [5, 5.41) is 8.27. The normalized spacial score (nSPS) is 20.5. The van der Waals surface area contributed by atoms with Crippen LogP contribution in [-0.2, 0) is 9.59 Å². The molecule has 3 N–H and O–H groups in total. The van der Waals surface area contributed by atoms with Crippen molar-refractivity contribution in [3.63, 3.8) is 0 Å². The molecule has 0 radical (unpaired) electrons. The van der Waals surface area contributed by atoms with E-state index >= 15 is 0 Å². The molecule has 0 unspecified atom stereocenters. The van der Waals surface area contributed by atoms with Gasteiger partial charge in [-0.2, -0.15) is 0 Å². The standard InChI is InChI=1S/C22H25N7O4/c30-19-16(7-4-8-25-19)27-20(31)18-14-28(22(33)26-15-5-2-1-3-6-15)11-12-29(18)21(32)17-13-23-9-10-24-17/h1-3,5-6,9-10,13,16,18H,4,7-8,11-12,14H2,(H,25,30)(H,26,33)(H,27,31)/t16-,18+/m1/s1. The lowest BCUT2D eigenvalue weighted by molar-refractivity contribution is -0.133. The van der Waals surface area contributed by atoms with Gasteiger partial charge in [0.15, 0.2) is 0 Å². The summed E-state index contributed by atoms with van der Waals surface area (Å²) in [4.78, 5) is 62.1. The zero-order valence-corrected chi connectivity index (χ0v) is 17.9. The zero-order chi connectivity index (χ0) is 23.2. The fourth-order valence-electron chi connectivity index (χ4n) is 3.89. The maximum atomic E-state index is 13.2. The second kappa shape index (κ2) is 10.1. The van der Waals surface area contributed by atoms with E-state index in [1.54, 1.807) is 24.3 Å². The van der Waals surface area contributed by atoms with Gasteiger partial charge in [-0.05, 0) is 25.0 Å². The van der Waals surface area contributed by atoms with E-state index in [0.717, 1.165) is 6.42 Å². The monoisotopic (exact) mass is 451 g/mol. The van der Waals surface area contributed by atoms with E-state index in [-0.39, 0.29) is 37.3 Å². The average molecular weight is 451 g/mol. The molecule has 1 aromatic heterocycles. The lowest BCUT2D eigenvalue weighted by Crippen LogP contribution is -2.64. The van der Waals surface area contributed by atoms with Gasteiger partial charge in [0.25, 0.3) is 5.91 Å². The highest BCUT2D eigenvalue weighted by Crippen LogP contribution is 2.16. The molecule has 11 nitrogen and oxygen atoms in total. The number of urea groups is 1. The molecule has 172 valence electrons. The van der Waals surface area contributed by atoms with Crippen LogP contribution in [0.25, 0.3) is 0 Å². The summed E-state index contributed by atoms with van der Waals surface area (Å²) in [6, 6.07) is 6.94. The van der Waals surface area contributed by atoms with Gasteiger partial charge < -0.3 is 25.8 Å². The summed E-state index contributed by atoms with van der Waals surface area (Å²) in [7, 11) is 0. The van der Waals surface area contributed by atoms with Crippen molar-refractivity contribution < 1.29 is 19.2 Å². The number of aromatic nitrogens is 2. The first-order valence-corrected chi connectivity index (χ1v) is 10.8. The number of carbonyl (C=O) groups is 4. The molecule has 0 aliphatic carbocycles. The Morgan fingerprint density at radius 2 is 1.91 bits per heavy atom. The van der Waals surface area contributed by atoms with E-state index in [1.165, 1.54) is 28.4 Å². The molecular formula is C22H25N7O4. The maximum absolute atomic E-state index is 13.2. The van der Waals surface area contributed by atoms with E-state index in [4.69, 9.17) is 0 Å². The quantitative estimate of drug-likeness (QED) is 0.609. The predicted molar refractivity (Wildman–Crippen MR) is 118 cm³/mol. The number of piperazine rings is 1. The van der Waals surface area contributed by atoms with Crippen LogP contribution in [0.2, 0.25) is 0 Å². The van der Waals surface area contributed by atoms with Crippen LogP contribution >= 0.6 is 0 Å². The van der Waals surface area contributed by atoms with Crippen molar-refractivity contribution in [3.05, 3.63) is 54.6 Å². The molecule has 2 aromatic rings. The number of benzene rings is 1. The van der Waals surface area contributed by atoms with Crippen molar-refractivity contribution in [3.8, 4) is 0 Å². The molecule has 4 rings (SSSR count). The highest BCUT2D eigenvalue weighted by molar-refractivity contribution is 5.98. The Labute approximate surface area is 190 Å². The summed E-state index contributed by atoms with van der Waals surface area (Å²) in [6.07, 6.45) is 5.45. The van der Waals surface area contributed by atoms with Crippen LogP contribution in [0.5, 0.6) is 0 Å². The van der Waals surface area contributed by atoms with Crippen LogP contribution in [-0.4, -0.2) is 81.8 Å². The second-order valence-electron chi connectivity index (χ2n) is 7.84. The number of carbonyl (C=O) groups excluding carboxylic acids is 4. The molecule has 0 saturated carbocycles. The van der Waals surface area contributed by atoms with E-state index in [9.17, 15) is 19.2 Å². The summed E-state index contributed by atoms with van der Waals surface area (Å²) >= 11 is 0. The lowest BCUT2D eigenvalue weighted by Gasteiger charge is -2.40. The van der Waals surface area contributed by atoms with E-state index in [1.807, 2.05) is 6.07 Å². The van der Waals surface area contributed by atoms with Crippen LogP contribution < -0.4 is 16.0 Å². The Morgan fingerprint density at radius 1 is 1.09 bits per heavy atom. The van der Waals surface area contributed by atoms with Gasteiger partial charge in [-0.3, -0.25) is 19.4 Å². The van der Waals surface area contributed by atoms with E-state index in [2.05, 4.69) is 25.9 Å². The minimum atomic E-state index is -0.982. The van der Waals surface area contributed by atoms with Crippen molar-refractivity contribution in [1.29, 1.82) is 0 Å². The fourth-order valence-corrected chi connectivity index (χ4v) is 3.89. The number of rotatable bonds is 4. The Morgan fingerprint density at radius 3 is 2.64 bits per heavy atom. The van der Waals surface area contributed by atoms with Gasteiger partial charge in [0.1, 0.15) is 17.8 Å². The van der Waals surface area contributed by atoms with Crippen molar-refractivity contribution in [2.45, 2.75) is 24.9 Å². The van der Waals surface area contributed by atoms with Gasteiger partial charge >= 0.3 is 6.03 Å². The Bertz CT molecular complexity index is 1020. The maximum Gasteiger partial charge on any atom is 0.321 e. The number of hydrogen-bond acceptors (Lipinski definition) is 6. The molecule has 33 heavy (non-hydrogen) atoms. The first kappa shape index (κ1) is 22.2. The summed E-state index contributed by atoms with van der Waals surface area (Å²) < 4.78 is 0. The lowest BCUT2D eigenvalue weighted by atomic mass is 10.0. The first-order valence-electron chi connectivity index (χ1n) is 10.8. The van der Waals surface area contributed by atoms with Gasteiger partial charge in [0.2, 0.25) is 11.8 Å². The van der Waals surface area contributed by atoms with Gasteiger partial charge in [-0.15, -0.1) is 0 Å². The third-order valence-electron chi connectivity index (χ3n) is 5.64. The molecule has 3 heterocycles. The van der Waals surface area contributed by atoms with Gasteiger partial charge in [-0.1, -0.05) is 18.2 Å². The SMILES string of the molecule is O=C1NCCC[C@H]1NC(=O)[C@@H]1CN(C(=O)Nc2ccccc2)CCN1C(=O)c1cnccn1. The third-order valence-corrected chi connectivity index (χ3v) is 5.64. The van der Waals surface area contributed by atoms with Crippen LogP contribution in [0, 0.1) is 0 Å². The molecule has 2 aliphatic heterocycles. The van der Waals surface area contributed by atoms with Gasteiger partial charge in [0, 0.05) is 37.7 Å². The molecular weight excluding hydrogens is 426 g/mol. The highest BCUT2D eigenvalue weighted by Gasteiger charge is 2.39. The smallest absolute Gasteiger partial charge is 0.321 e. The minimum Gasteiger partial charge on any atom is -0.354 e. The van der Waals surface area contributed by atoms with E-state index in [0.29, 0.717) is 18.7 Å². The van der Waals surface area contributed by atoms with Gasteiger partial charge in [0.05, 0.1) is 12.7 Å². The number of nitrogens with zero attached hydrogens (tertiary/aromatic N) is 4. The molecule has 2 aliphatic rings. The third kappa shape index (κ3) is 5.25. The molecule has 0 spiro atoms. The summed E-state index contributed by atoms with van der Waals surface area (Å²) in [6.45, 7) is 0.912. The molecule has 11 heteroatoms. The molecule has 2 atom stereocenters.